The number of carbonyl (C=O) groups is 1. The monoisotopic (exact) mass is 596 g/mol. The molecule has 1 aromatic heterocycles. The fourth-order valence-corrected chi connectivity index (χ4v) is 7.27. The van der Waals surface area contributed by atoms with Crippen LogP contribution in [0.4, 0.5) is 0 Å². The highest BCUT2D eigenvalue weighted by molar-refractivity contribution is 7.46. The fraction of sp³-hybridized carbons (Fsp3) is 0.593. The summed E-state index contributed by atoms with van der Waals surface area (Å²) < 4.78 is 26.6. The molecule has 226 valence electrons. The van der Waals surface area contributed by atoms with Crippen LogP contribution in [0, 0.1) is 5.41 Å². The zero-order chi connectivity index (χ0) is 29.7. The lowest BCUT2D eigenvalue weighted by atomic mass is 9.66. The van der Waals surface area contributed by atoms with Gasteiger partial charge in [0.15, 0.2) is 6.29 Å². The lowest BCUT2D eigenvalue weighted by Gasteiger charge is -2.53. The number of fused-ring (bicyclic) bond motifs is 3. The molecule has 4 aliphatic heterocycles. The molecule has 6 rings (SSSR count). The minimum atomic E-state index is -4.91. The van der Waals surface area contributed by atoms with Crippen molar-refractivity contribution in [2.75, 3.05) is 26.8 Å². The van der Waals surface area contributed by atoms with E-state index in [0.29, 0.717) is 11.7 Å². The second-order valence-corrected chi connectivity index (χ2v) is 12.1. The van der Waals surface area contributed by atoms with Crippen molar-refractivity contribution in [3.05, 3.63) is 41.6 Å². The largest absolute Gasteiger partial charge is 0.472 e. The van der Waals surface area contributed by atoms with Gasteiger partial charge in [0.25, 0.3) is 0 Å². The first-order valence-corrected chi connectivity index (χ1v) is 15.2. The average molecular weight is 597 g/mol. The van der Waals surface area contributed by atoms with E-state index in [1.54, 1.807) is 0 Å². The van der Waals surface area contributed by atoms with E-state index in [1.807, 2.05) is 0 Å². The van der Waals surface area contributed by atoms with Gasteiger partial charge in [-0.25, -0.2) is 9.36 Å². The van der Waals surface area contributed by atoms with Crippen LogP contribution < -0.4 is 0 Å². The standard InChI is InChI=1S/C21H24N2O2.C6H13O9P/c1-3-21-10-6-11-22-12-9-15-14-7-4-5-8-16(14)23(18(15)19(21)22)17(13-21)20(24)25-2;7-1-2-3(8)4(9)5(10)6(14-2)15-16(11,12)13/h4-5,7-8,13,19H,3,6,9-12H2,1-2H3;2-10H,1H2,(H2,11,12,13)/t19-,21+;2-,3-,4+,5-,6+/m11/s1. The van der Waals surface area contributed by atoms with Gasteiger partial charge in [-0.15, -0.1) is 0 Å². The summed E-state index contributed by atoms with van der Waals surface area (Å²) in [6.45, 7) is 3.84. The number of esters is 1. The molecule has 0 saturated carbocycles. The number of rotatable bonds is 5. The van der Waals surface area contributed by atoms with Gasteiger partial charge in [0, 0.05) is 23.0 Å². The van der Waals surface area contributed by atoms with E-state index in [2.05, 4.69) is 56.0 Å². The summed E-state index contributed by atoms with van der Waals surface area (Å²) in [5.41, 5.74) is 4.67. The number of methoxy groups -OCH3 is 1. The first-order valence-electron chi connectivity index (χ1n) is 13.7. The summed E-state index contributed by atoms with van der Waals surface area (Å²) >= 11 is 0. The van der Waals surface area contributed by atoms with E-state index in [9.17, 15) is 24.7 Å². The lowest BCUT2D eigenvalue weighted by molar-refractivity contribution is -0.280. The molecule has 2 saturated heterocycles. The highest BCUT2D eigenvalue weighted by atomic mass is 31.2. The number of ether oxygens (including phenoxy) is 2. The number of hydrogen-bond donors (Lipinski definition) is 6. The summed E-state index contributed by atoms with van der Waals surface area (Å²) in [5, 5.41) is 37.9. The predicted molar refractivity (Wildman–Crippen MR) is 145 cm³/mol. The van der Waals surface area contributed by atoms with E-state index in [-0.39, 0.29) is 11.4 Å². The van der Waals surface area contributed by atoms with Gasteiger partial charge in [-0.05, 0) is 49.9 Å². The molecule has 14 heteroatoms. The Labute approximate surface area is 236 Å². The van der Waals surface area contributed by atoms with Crippen LogP contribution in [-0.4, -0.2) is 103 Å². The Morgan fingerprint density at radius 2 is 1.88 bits per heavy atom. The molecule has 6 N–H and O–H groups in total. The molecular formula is C27H37N2O11P. The maximum Gasteiger partial charge on any atom is 0.472 e. The van der Waals surface area contributed by atoms with E-state index in [0.717, 1.165) is 37.9 Å². The maximum absolute atomic E-state index is 12.7. The van der Waals surface area contributed by atoms with Crippen molar-refractivity contribution >= 4 is 30.4 Å². The van der Waals surface area contributed by atoms with Gasteiger partial charge in [-0.3, -0.25) is 9.42 Å². The van der Waals surface area contributed by atoms with Gasteiger partial charge in [0.05, 0.1) is 25.3 Å². The minimum Gasteiger partial charge on any atom is -0.464 e. The lowest BCUT2D eigenvalue weighted by Crippen LogP contribution is -2.58. The van der Waals surface area contributed by atoms with Crippen molar-refractivity contribution in [1.82, 2.24) is 9.47 Å². The van der Waals surface area contributed by atoms with Crippen LogP contribution in [0.1, 0.15) is 43.5 Å². The van der Waals surface area contributed by atoms with E-state index < -0.39 is 45.1 Å². The summed E-state index contributed by atoms with van der Waals surface area (Å²) in [5.74, 6) is -0.225. The van der Waals surface area contributed by atoms with Gasteiger partial charge in [0.1, 0.15) is 30.1 Å². The van der Waals surface area contributed by atoms with Crippen LogP contribution >= 0.6 is 7.82 Å². The first kappa shape index (κ1) is 30.3. The van der Waals surface area contributed by atoms with Gasteiger partial charge in [-0.1, -0.05) is 25.1 Å². The number of carbonyl (C=O) groups excluding carboxylic acids is 1. The van der Waals surface area contributed by atoms with Crippen molar-refractivity contribution in [2.24, 2.45) is 5.41 Å². The smallest absolute Gasteiger partial charge is 0.464 e. The highest BCUT2D eigenvalue weighted by Crippen LogP contribution is 2.57. The molecule has 0 spiro atoms. The predicted octanol–water partition coefficient (Wildman–Crippen LogP) is 0.654. The van der Waals surface area contributed by atoms with Crippen molar-refractivity contribution < 1.29 is 53.6 Å². The molecule has 7 atom stereocenters. The number of phosphoric acid groups is 1. The summed E-state index contributed by atoms with van der Waals surface area (Å²) in [4.78, 5) is 32.3. The van der Waals surface area contributed by atoms with Gasteiger partial charge >= 0.3 is 13.8 Å². The van der Waals surface area contributed by atoms with Crippen LogP contribution in [0.25, 0.3) is 16.6 Å². The quantitative estimate of drug-likeness (QED) is 0.209. The molecule has 1 aromatic carbocycles. The average Bonchev–Trinajstić information content (AvgIpc) is 3.30. The van der Waals surface area contributed by atoms with Gasteiger partial charge in [0.2, 0.25) is 0 Å². The highest BCUT2D eigenvalue weighted by Gasteiger charge is 2.51. The van der Waals surface area contributed by atoms with Crippen LogP contribution in [0.2, 0.25) is 0 Å². The van der Waals surface area contributed by atoms with E-state index in [4.69, 9.17) is 19.6 Å². The number of phosphoric ester groups is 1. The number of piperidine rings is 1. The molecule has 0 aliphatic carbocycles. The molecule has 2 aromatic rings. The molecule has 0 radical (unpaired) electrons. The van der Waals surface area contributed by atoms with Crippen LogP contribution in [0.3, 0.4) is 0 Å². The number of para-hydroxylation sites is 1. The van der Waals surface area contributed by atoms with Crippen molar-refractivity contribution in [2.45, 2.75) is 69.4 Å². The zero-order valence-corrected chi connectivity index (χ0v) is 23.8. The Kier molecular flexibility index (Phi) is 8.50. The maximum atomic E-state index is 12.7. The Bertz CT molecular complexity index is 1370. The molecule has 0 bridgehead atoms. The van der Waals surface area contributed by atoms with Crippen molar-refractivity contribution in [1.29, 1.82) is 0 Å². The first-order chi connectivity index (χ1) is 19.5. The second kappa shape index (κ2) is 11.5. The zero-order valence-electron chi connectivity index (χ0n) is 22.9. The molecule has 4 aliphatic rings. The number of nitrogens with zero attached hydrogens (tertiary/aromatic N) is 2. The molecule has 5 heterocycles. The Hall–Kier alpha value is -2.16. The molecular weight excluding hydrogens is 559 g/mol. The molecule has 13 nitrogen and oxygen atoms in total. The second-order valence-electron chi connectivity index (χ2n) is 10.9. The number of benzene rings is 1. The van der Waals surface area contributed by atoms with Gasteiger partial charge in [-0.2, -0.15) is 0 Å². The third-order valence-corrected chi connectivity index (χ3v) is 9.22. The summed E-state index contributed by atoms with van der Waals surface area (Å²) in [7, 11) is -3.43. The van der Waals surface area contributed by atoms with Crippen LogP contribution in [-0.2, 0) is 29.8 Å². The third kappa shape index (κ3) is 5.29. The third-order valence-electron chi connectivity index (χ3n) is 8.73. The van der Waals surface area contributed by atoms with Crippen LogP contribution in [0.15, 0.2) is 30.3 Å². The Morgan fingerprint density at radius 3 is 2.54 bits per heavy atom. The number of aromatic nitrogens is 1. The Morgan fingerprint density at radius 1 is 1.15 bits per heavy atom. The van der Waals surface area contributed by atoms with Gasteiger partial charge < -0.3 is 44.3 Å². The van der Waals surface area contributed by atoms with E-state index in [1.165, 1.54) is 30.2 Å². The SMILES string of the molecule is CC[C@@]12C=C(C(=O)OC)n3c4c(c5ccccc53)CCN(CCC1)[C@H]42.O=P(O)(O)O[C@@H]1O[C@H](CO)[C@@H](O)[C@H](O)[C@H]1O. The Balaban J connectivity index is 0.000000184. The van der Waals surface area contributed by atoms with Crippen molar-refractivity contribution in [3.8, 4) is 0 Å². The normalized spacial score (nSPS) is 32.9. The number of aliphatic hydroxyl groups excluding tert-OH is 4. The van der Waals surface area contributed by atoms with Crippen LogP contribution in [0.5, 0.6) is 0 Å². The summed E-state index contributed by atoms with van der Waals surface area (Å²) in [6.07, 6.45) is -1.56. The topological polar surface area (TPSA) is 191 Å². The molecule has 41 heavy (non-hydrogen) atoms. The number of hydrogen-bond acceptors (Lipinski definition) is 10. The molecule has 0 unspecified atom stereocenters. The minimum absolute atomic E-state index is 0.0430. The van der Waals surface area contributed by atoms with Crippen molar-refractivity contribution in [3.63, 3.8) is 0 Å². The molecule has 0 amide bonds. The summed E-state index contributed by atoms with van der Waals surface area (Å²) in [6, 6.07) is 8.89. The number of aliphatic hydroxyl groups is 4. The molecule has 2 fully saturated rings. The fourth-order valence-electron chi connectivity index (χ4n) is 6.82. The van der Waals surface area contributed by atoms with E-state index >= 15 is 0 Å².